The maximum Gasteiger partial charge on any atom is 0.248 e. The van der Waals surface area contributed by atoms with Crippen molar-refractivity contribution in [3.05, 3.63) is 65.0 Å². The number of anilines is 1. The fraction of sp³-hybridized carbons (Fsp3) is 0.133. The molecule has 19 heavy (non-hydrogen) atoms. The second kappa shape index (κ2) is 5.52. The van der Waals surface area contributed by atoms with Crippen molar-refractivity contribution in [2.75, 3.05) is 5.32 Å². The lowest BCUT2D eigenvalue weighted by atomic mass is 10.1. The monoisotopic (exact) mass is 258 g/mol. The Labute approximate surface area is 111 Å². The third kappa shape index (κ3) is 3.31. The molecule has 3 nitrogen and oxygen atoms in total. The molecule has 0 aliphatic heterocycles. The van der Waals surface area contributed by atoms with Gasteiger partial charge in [0, 0.05) is 23.4 Å². The van der Waals surface area contributed by atoms with E-state index in [1.807, 2.05) is 31.2 Å². The van der Waals surface area contributed by atoms with Crippen LogP contribution in [0.3, 0.4) is 0 Å². The smallest absolute Gasteiger partial charge is 0.248 e. The Balaban J connectivity index is 2.10. The van der Waals surface area contributed by atoms with E-state index in [9.17, 15) is 9.18 Å². The normalized spacial score (nSPS) is 10.2. The summed E-state index contributed by atoms with van der Waals surface area (Å²) in [5.74, 6) is -1.06. The molecule has 4 heteroatoms. The van der Waals surface area contributed by atoms with E-state index in [1.165, 1.54) is 6.07 Å². The number of carbonyl (C=O) groups is 1. The lowest BCUT2D eigenvalue weighted by Crippen LogP contribution is -2.12. The van der Waals surface area contributed by atoms with Gasteiger partial charge in [0.1, 0.15) is 5.82 Å². The number of nitrogens with one attached hydrogen (secondary N) is 1. The molecule has 2 aromatic carbocycles. The molecule has 0 heterocycles. The number of nitrogens with two attached hydrogens (primary N) is 1. The van der Waals surface area contributed by atoms with Gasteiger partial charge in [-0.15, -0.1) is 0 Å². The van der Waals surface area contributed by atoms with E-state index in [-0.39, 0.29) is 5.56 Å². The summed E-state index contributed by atoms with van der Waals surface area (Å²) in [5.41, 5.74) is 7.83. The predicted molar refractivity (Wildman–Crippen MR) is 73.4 cm³/mol. The molecule has 98 valence electrons. The molecule has 0 unspecified atom stereocenters. The number of carbonyl (C=O) groups excluding carboxylic acids is 1. The van der Waals surface area contributed by atoms with Gasteiger partial charge in [0.05, 0.1) is 0 Å². The Kier molecular flexibility index (Phi) is 3.80. The Hall–Kier alpha value is -2.36. The summed E-state index contributed by atoms with van der Waals surface area (Å²) in [5, 5.41) is 3.14. The van der Waals surface area contributed by atoms with E-state index in [2.05, 4.69) is 5.32 Å². The summed E-state index contributed by atoms with van der Waals surface area (Å²) in [6, 6.07) is 12.1. The molecule has 0 spiro atoms. The zero-order valence-electron chi connectivity index (χ0n) is 10.6. The Morgan fingerprint density at radius 3 is 2.68 bits per heavy atom. The van der Waals surface area contributed by atoms with Gasteiger partial charge in [0.25, 0.3) is 0 Å². The average Bonchev–Trinajstić information content (AvgIpc) is 2.37. The minimum absolute atomic E-state index is 0.178. The highest BCUT2D eigenvalue weighted by Gasteiger charge is 2.06. The first-order chi connectivity index (χ1) is 9.06. The number of hydrogen-bond acceptors (Lipinski definition) is 2. The number of halogens is 1. The first-order valence-electron chi connectivity index (χ1n) is 5.95. The van der Waals surface area contributed by atoms with E-state index in [0.717, 1.165) is 17.3 Å². The molecule has 2 rings (SSSR count). The van der Waals surface area contributed by atoms with Crippen molar-refractivity contribution in [1.29, 1.82) is 0 Å². The van der Waals surface area contributed by atoms with Crippen molar-refractivity contribution in [2.45, 2.75) is 13.5 Å². The van der Waals surface area contributed by atoms with Crippen LogP contribution >= 0.6 is 0 Å². The molecule has 0 saturated heterocycles. The number of aryl methyl sites for hydroxylation is 1. The average molecular weight is 258 g/mol. The minimum atomic E-state index is -0.628. The zero-order chi connectivity index (χ0) is 13.8. The summed E-state index contributed by atoms with van der Waals surface area (Å²) < 4.78 is 13.7. The SMILES string of the molecule is Cc1cccc(NCc2ccc(C(N)=O)cc2F)c1. The fourth-order valence-electron chi connectivity index (χ4n) is 1.80. The van der Waals surface area contributed by atoms with Gasteiger partial charge in [0.2, 0.25) is 5.91 Å². The highest BCUT2D eigenvalue weighted by molar-refractivity contribution is 5.92. The highest BCUT2D eigenvalue weighted by Crippen LogP contribution is 2.14. The van der Waals surface area contributed by atoms with E-state index in [1.54, 1.807) is 6.07 Å². The summed E-state index contributed by atoms with van der Waals surface area (Å²) >= 11 is 0. The van der Waals surface area contributed by atoms with Gasteiger partial charge in [-0.3, -0.25) is 4.79 Å². The highest BCUT2D eigenvalue weighted by atomic mass is 19.1. The van der Waals surface area contributed by atoms with Crippen LogP contribution in [0.15, 0.2) is 42.5 Å². The van der Waals surface area contributed by atoms with Gasteiger partial charge in [-0.25, -0.2) is 4.39 Å². The summed E-state index contributed by atoms with van der Waals surface area (Å²) in [6.07, 6.45) is 0. The molecule has 0 aliphatic carbocycles. The van der Waals surface area contributed by atoms with E-state index >= 15 is 0 Å². The van der Waals surface area contributed by atoms with Gasteiger partial charge >= 0.3 is 0 Å². The maximum absolute atomic E-state index is 13.7. The van der Waals surface area contributed by atoms with Gasteiger partial charge in [-0.1, -0.05) is 18.2 Å². The Morgan fingerprint density at radius 2 is 2.05 bits per heavy atom. The van der Waals surface area contributed by atoms with Crippen molar-refractivity contribution in [3.8, 4) is 0 Å². The molecule has 0 aromatic heterocycles. The van der Waals surface area contributed by atoms with Crippen LogP contribution in [0.25, 0.3) is 0 Å². The van der Waals surface area contributed by atoms with Crippen molar-refractivity contribution >= 4 is 11.6 Å². The molecule has 3 N–H and O–H groups in total. The van der Waals surface area contributed by atoms with Crippen molar-refractivity contribution < 1.29 is 9.18 Å². The van der Waals surface area contributed by atoms with Crippen molar-refractivity contribution in [1.82, 2.24) is 0 Å². The first-order valence-corrected chi connectivity index (χ1v) is 5.95. The molecule has 2 aromatic rings. The van der Waals surface area contributed by atoms with Gasteiger partial charge in [-0.05, 0) is 36.8 Å². The number of primary amides is 1. The summed E-state index contributed by atoms with van der Waals surface area (Å²) in [6.45, 7) is 2.35. The van der Waals surface area contributed by atoms with Crippen molar-refractivity contribution in [2.24, 2.45) is 5.73 Å². The van der Waals surface area contributed by atoms with Crippen LogP contribution < -0.4 is 11.1 Å². The molecule has 0 radical (unpaired) electrons. The predicted octanol–water partition coefficient (Wildman–Crippen LogP) is 2.85. The van der Waals surface area contributed by atoms with E-state index in [4.69, 9.17) is 5.73 Å². The molecule has 0 bridgehead atoms. The van der Waals surface area contributed by atoms with E-state index < -0.39 is 11.7 Å². The second-order valence-corrected chi connectivity index (χ2v) is 4.39. The molecule has 0 saturated carbocycles. The third-order valence-electron chi connectivity index (χ3n) is 2.84. The number of rotatable bonds is 4. The van der Waals surface area contributed by atoms with Crippen LogP contribution in [-0.2, 0) is 6.54 Å². The summed E-state index contributed by atoms with van der Waals surface area (Å²) in [7, 11) is 0. The third-order valence-corrected chi connectivity index (χ3v) is 2.84. The minimum Gasteiger partial charge on any atom is -0.381 e. The largest absolute Gasteiger partial charge is 0.381 e. The van der Waals surface area contributed by atoms with Crippen LogP contribution in [0.2, 0.25) is 0 Å². The molecular formula is C15H15FN2O. The van der Waals surface area contributed by atoms with Crippen LogP contribution in [0, 0.1) is 12.7 Å². The van der Waals surface area contributed by atoms with Gasteiger partial charge in [-0.2, -0.15) is 0 Å². The lowest BCUT2D eigenvalue weighted by Gasteiger charge is -2.08. The molecule has 0 fully saturated rings. The molecule has 1 amide bonds. The quantitative estimate of drug-likeness (QED) is 0.886. The maximum atomic E-state index is 13.7. The zero-order valence-corrected chi connectivity index (χ0v) is 10.6. The topological polar surface area (TPSA) is 55.1 Å². The van der Waals surface area contributed by atoms with Gasteiger partial charge in [0.15, 0.2) is 0 Å². The van der Waals surface area contributed by atoms with Crippen molar-refractivity contribution in [3.63, 3.8) is 0 Å². The van der Waals surface area contributed by atoms with Crippen LogP contribution in [-0.4, -0.2) is 5.91 Å². The van der Waals surface area contributed by atoms with Gasteiger partial charge < -0.3 is 11.1 Å². The fourth-order valence-corrected chi connectivity index (χ4v) is 1.80. The standard InChI is InChI=1S/C15H15FN2O/c1-10-3-2-4-13(7-10)18-9-12-6-5-11(15(17)19)8-14(12)16/h2-8,18H,9H2,1H3,(H2,17,19). The van der Waals surface area contributed by atoms with Crippen LogP contribution in [0.4, 0.5) is 10.1 Å². The number of hydrogen-bond donors (Lipinski definition) is 2. The molecule has 0 aliphatic rings. The Morgan fingerprint density at radius 1 is 1.26 bits per heavy atom. The van der Waals surface area contributed by atoms with Crippen LogP contribution in [0.1, 0.15) is 21.5 Å². The molecular weight excluding hydrogens is 243 g/mol. The van der Waals surface area contributed by atoms with Crippen LogP contribution in [0.5, 0.6) is 0 Å². The second-order valence-electron chi connectivity index (χ2n) is 4.39. The number of amides is 1. The molecule has 0 atom stereocenters. The lowest BCUT2D eigenvalue weighted by molar-refractivity contribution is 0.1000. The first kappa shape index (κ1) is 13.1. The number of benzene rings is 2. The summed E-state index contributed by atoms with van der Waals surface area (Å²) in [4.78, 5) is 10.9. The Bertz CT molecular complexity index is 611. The van der Waals surface area contributed by atoms with E-state index in [0.29, 0.717) is 12.1 Å².